The number of carbonyl (C=O) groups excluding carboxylic acids is 1. The molecule has 0 N–H and O–H groups in total. The van der Waals surface area contributed by atoms with Gasteiger partial charge in [0.05, 0.1) is 19.8 Å². The van der Waals surface area contributed by atoms with Crippen molar-refractivity contribution < 1.29 is 14.3 Å². The van der Waals surface area contributed by atoms with Crippen LogP contribution >= 0.6 is 0 Å². The molecule has 0 saturated carbocycles. The third kappa shape index (κ3) is 2.39. The predicted molar refractivity (Wildman–Crippen MR) is 80.9 cm³/mol. The van der Waals surface area contributed by atoms with Crippen molar-refractivity contribution in [3.8, 4) is 11.5 Å². The van der Waals surface area contributed by atoms with Crippen LogP contribution in [0, 0.1) is 0 Å². The molecule has 2 saturated heterocycles. The standard InChI is InChI=1S/C17H21NO3/c1-11-8-12-4-5-13(9-11)18(12)17(19)15-7-6-14(20-2)10-16(15)21-3/h6-7,10,12-13H,1,4-5,8-9H2,2-3H3. The first-order valence-corrected chi connectivity index (χ1v) is 7.35. The minimum atomic E-state index is 0.0644. The Bertz CT molecular complexity index is 565. The van der Waals surface area contributed by atoms with Crippen molar-refractivity contribution in [1.29, 1.82) is 0 Å². The van der Waals surface area contributed by atoms with Crippen LogP contribution in [0.5, 0.6) is 11.5 Å². The summed E-state index contributed by atoms with van der Waals surface area (Å²) in [4.78, 5) is 15.0. The van der Waals surface area contributed by atoms with Crippen LogP contribution in [0.4, 0.5) is 0 Å². The first-order valence-electron chi connectivity index (χ1n) is 7.35. The molecule has 4 heteroatoms. The van der Waals surface area contributed by atoms with Gasteiger partial charge in [0.15, 0.2) is 0 Å². The lowest BCUT2D eigenvalue weighted by Crippen LogP contribution is -2.44. The third-order valence-electron chi connectivity index (χ3n) is 4.54. The number of amides is 1. The summed E-state index contributed by atoms with van der Waals surface area (Å²) in [5.74, 6) is 1.33. The summed E-state index contributed by atoms with van der Waals surface area (Å²) in [6, 6.07) is 5.97. The van der Waals surface area contributed by atoms with Gasteiger partial charge in [-0.2, -0.15) is 0 Å². The molecular weight excluding hydrogens is 266 g/mol. The van der Waals surface area contributed by atoms with Crippen LogP contribution < -0.4 is 9.47 Å². The molecule has 2 aliphatic rings. The van der Waals surface area contributed by atoms with Crippen molar-refractivity contribution in [2.45, 2.75) is 37.8 Å². The number of ether oxygens (including phenoxy) is 2. The molecule has 112 valence electrons. The zero-order chi connectivity index (χ0) is 15.0. The summed E-state index contributed by atoms with van der Waals surface area (Å²) < 4.78 is 10.6. The molecule has 0 radical (unpaired) electrons. The van der Waals surface area contributed by atoms with Gasteiger partial charge in [0.1, 0.15) is 11.5 Å². The number of hydrogen-bond acceptors (Lipinski definition) is 3. The van der Waals surface area contributed by atoms with Gasteiger partial charge in [0.25, 0.3) is 5.91 Å². The van der Waals surface area contributed by atoms with Gasteiger partial charge >= 0.3 is 0 Å². The molecule has 0 aromatic heterocycles. The van der Waals surface area contributed by atoms with Crippen LogP contribution in [0.15, 0.2) is 30.4 Å². The van der Waals surface area contributed by atoms with E-state index >= 15 is 0 Å². The molecule has 21 heavy (non-hydrogen) atoms. The fourth-order valence-corrected chi connectivity index (χ4v) is 3.56. The van der Waals surface area contributed by atoms with Crippen molar-refractivity contribution in [3.63, 3.8) is 0 Å². The lowest BCUT2D eigenvalue weighted by atomic mass is 9.97. The van der Waals surface area contributed by atoms with Crippen molar-refractivity contribution in [2.75, 3.05) is 14.2 Å². The topological polar surface area (TPSA) is 38.8 Å². The summed E-state index contributed by atoms with van der Waals surface area (Å²) in [5.41, 5.74) is 1.89. The van der Waals surface area contributed by atoms with Crippen molar-refractivity contribution in [1.82, 2.24) is 4.90 Å². The normalized spacial score (nSPS) is 24.1. The monoisotopic (exact) mass is 287 g/mol. The highest BCUT2D eigenvalue weighted by Crippen LogP contribution is 2.39. The average molecular weight is 287 g/mol. The number of hydrogen-bond donors (Lipinski definition) is 0. The van der Waals surface area contributed by atoms with Crippen LogP contribution in [-0.2, 0) is 0 Å². The Hall–Kier alpha value is -1.97. The van der Waals surface area contributed by atoms with E-state index in [1.165, 1.54) is 5.57 Å². The number of piperidine rings is 1. The van der Waals surface area contributed by atoms with E-state index in [-0.39, 0.29) is 5.91 Å². The number of carbonyl (C=O) groups is 1. The van der Waals surface area contributed by atoms with Gasteiger partial charge in [-0.25, -0.2) is 0 Å². The minimum Gasteiger partial charge on any atom is -0.497 e. The largest absolute Gasteiger partial charge is 0.497 e. The molecule has 1 aromatic carbocycles. The Morgan fingerprint density at radius 2 is 1.86 bits per heavy atom. The summed E-state index contributed by atoms with van der Waals surface area (Å²) in [5, 5.41) is 0. The highest BCUT2D eigenvalue weighted by atomic mass is 16.5. The van der Waals surface area contributed by atoms with Gasteiger partial charge < -0.3 is 14.4 Å². The maximum atomic E-state index is 12.9. The van der Waals surface area contributed by atoms with Gasteiger partial charge in [-0.1, -0.05) is 12.2 Å². The minimum absolute atomic E-state index is 0.0644. The first kappa shape index (κ1) is 14.0. The second-order valence-corrected chi connectivity index (χ2v) is 5.82. The van der Waals surface area contributed by atoms with Crippen molar-refractivity contribution >= 4 is 5.91 Å². The van der Waals surface area contributed by atoms with Gasteiger partial charge in [0.2, 0.25) is 0 Å². The summed E-state index contributed by atoms with van der Waals surface area (Å²) in [7, 11) is 3.19. The molecule has 4 nitrogen and oxygen atoms in total. The van der Waals surface area contributed by atoms with E-state index in [9.17, 15) is 4.79 Å². The molecular formula is C17H21NO3. The van der Waals surface area contributed by atoms with Crippen molar-refractivity contribution in [3.05, 3.63) is 35.9 Å². The fraction of sp³-hybridized carbons (Fsp3) is 0.471. The van der Waals surface area contributed by atoms with Crippen LogP contribution in [0.2, 0.25) is 0 Å². The molecule has 3 rings (SSSR count). The van der Waals surface area contributed by atoms with Gasteiger partial charge in [-0.3, -0.25) is 4.79 Å². The highest BCUT2D eigenvalue weighted by molar-refractivity contribution is 5.98. The van der Waals surface area contributed by atoms with Crippen LogP contribution in [-0.4, -0.2) is 37.1 Å². The maximum absolute atomic E-state index is 12.9. The molecule has 0 spiro atoms. The SMILES string of the molecule is C=C1CC2CCC(C1)N2C(=O)c1ccc(OC)cc1OC. The summed E-state index contributed by atoms with van der Waals surface area (Å²) in [6.45, 7) is 4.10. The number of fused-ring (bicyclic) bond motifs is 2. The number of benzene rings is 1. The molecule has 0 aliphatic carbocycles. The molecule has 2 aliphatic heterocycles. The zero-order valence-corrected chi connectivity index (χ0v) is 12.6. The quantitative estimate of drug-likeness (QED) is 0.802. The summed E-state index contributed by atoms with van der Waals surface area (Å²) >= 11 is 0. The second kappa shape index (κ2) is 5.43. The Kier molecular flexibility index (Phi) is 3.62. The van der Waals surface area contributed by atoms with E-state index < -0.39 is 0 Å². The van der Waals surface area contributed by atoms with Crippen LogP contribution in [0.25, 0.3) is 0 Å². The maximum Gasteiger partial charge on any atom is 0.258 e. The van der Waals surface area contributed by atoms with E-state index in [0.29, 0.717) is 29.1 Å². The van der Waals surface area contributed by atoms with Crippen LogP contribution in [0.3, 0.4) is 0 Å². The van der Waals surface area contributed by atoms with E-state index in [1.807, 2.05) is 4.90 Å². The van der Waals surface area contributed by atoms with E-state index in [4.69, 9.17) is 9.47 Å². The summed E-state index contributed by atoms with van der Waals surface area (Å²) in [6.07, 6.45) is 4.02. The molecule has 1 amide bonds. The predicted octanol–water partition coefficient (Wildman–Crippen LogP) is 3.03. The Morgan fingerprint density at radius 1 is 1.19 bits per heavy atom. The molecule has 1 aromatic rings. The molecule has 2 atom stereocenters. The van der Waals surface area contributed by atoms with Gasteiger partial charge in [-0.05, 0) is 37.8 Å². The lowest BCUT2D eigenvalue weighted by molar-refractivity contribution is 0.0632. The second-order valence-electron chi connectivity index (χ2n) is 5.82. The molecule has 2 heterocycles. The van der Waals surface area contributed by atoms with E-state index in [2.05, 4.69) is 6.58 Å². The van der Waals surface area contributed by atoms with Gasteiger partial charge in [0, 0.05) is 18.2 Å². The fourth-order valence-electron chi connectivity index (χ4n) is 3.56. The number of rotatable bonds is 3. The first-order chi connectivity index (χ1) is 10.1. The van der Waals surface area contributed by atoms with Crippen molar-refractivity contribution in [2.24, 2.45) is 0 Å². The number of methoxy groups -OCH3 is 2. The van der Waals surface area contributed by atoms with Gasteiger partial charge in [-0.15, -0.1) is 0 Å². The Labute approximate surface area is 125 Å². The van der Waals surface area contributed by atoms with E-state index in [0.717, 1.165) is 25.7 Å². The average Bonchev–Trinajstić information content (AvgIpc) is 2.77. The third-order valence-corrected chi connectivity index (χ3v) is 4.54. The zero-order valence-electron chi connectivity index (χ0n) is 12.6. The highest BCUT2D eigenvalue weighted by Gasteiger charge is 2.41. The molecule has 2 fully saturated rings. The molecule has 2 bridgehead atoms. The van der Waals surface area contributed by atoms with Crippen LogP contribution in [0.1, 0.15) is 36.0 Å². The smallest absolute Gasteiger partial charge is 0.258 e. The Balaban J connectivity index is 1.91. The van der Waals surface area contributed by atoms with E-state index in [1.54, 1.807) is 32.4 Å². The molecule has 2 unspecified atom stereocenters. The Morgan fingerprint density at radius 3 is 2.43 bits per heavy atom. The number of nitrogens with zero attached hydrogens (tertiary/aromatic N) is 1. The lowest BCUT2D eigenvalue weighted by Gasteiger charge is -2.36.